The summed E-state index contributed by atoms with van der Waals surface area (Å²) in [5.41, 5.74) is 1.26. The third-order valence-corrected chi connectivity index (χ3v) is 3.01. The number of aryl methyl sites for hydroxylation is 1. The summed E-state index contributed by atoms with van der Waals surface area (Å²) in [4.78, 5) is 16.2. The normalized spacial score (nSPS) is 10.3. The van der Waals surface area contributed by atoms with Crippen molar-refractivity contribution in [3.63, 3.8) is 0 Å². The molecule has 1 heterocycles. The molecule has 0 bridgehead atoms. The first-order chi connectivity index (χ1) is 9.60. The number of carbonyl (C=O) groups excluding carboxylic acids is 1. The van der Waals surface area contributed by atoms with E-state index in [9.17, 15) is 4.79 Å². The second kappa shape index (κ2) is 6.38. The first-order valence-corrected chi connectivity index (χ1v) is 6.58. The van der Waals surface area contributed by atoms with Crippen LogP contribution in [0.1, 0.15) is 16.2 Å². The van der Waals surface area contributed by atoms with Gasteiger partial charge in [-0.2, -0.15) is 5.10 Å². The van der Waals surface area contributed by atoms with E-state index in [4.69, 9.17) is 11.6 Å². The van der Waals surface area contributed by atoms with Crippen LogP contribution >= 0.6 is 11.6 Å². The Balaban J connectivity index is 1.96. The fourth-order valence-corrected chi connectivity index (χ4v) is 1.98. The van der Waals surface area contributed by atoms with Crippen molar-refractivity contribution in [3.05, 3.63) is 40.9 Å². The monoisotopic (exact) mass is 293 g/mol. The first-order valence-electron chi connectivity index (χ1n) is 6.20. The van der Waals surface area contributed by atoms with E-state index in [1.54, 1.807) is 43.3 Å². The van der Waals surface area contributed by atoms with Gasteiger partial charge in [-0.25, -0.2) is 4.98 Å². The lowest BCUT2D eigenvalue weighted by Crippen LogP contribution is -2.26. The zero-order chi connectivity index (χ0) is 14.5. The van der Waals surface area contributed by atoms with Crippen molar-refractivity contribution < 1.29 is 4.79 Å². The minimum absolute atomic E-state index is 0.173. The van der Waals surface area contributed by atoms with Crippen LogP contribution in [-0.4, -0.2) is 34.3 Å². The maximum Gasteiger partial charge on any atom is 0.253 e. The van der Waals surface area contributed by atoms with E-state index in [0.717, 1.165) is 5.69 Å². The van der Waals surface area contributed by atoms with Crippen LogP contribution in [0.15, 0.2) is 24.5 Å². The molecule has 0 saturated carbocycles. The zero-order valence-corrected chi connectivity index (χ0v) is 12.1. The third-order valence-electron chi connectivity index (χ3n) is 2.78. The number of nitrogens with zero attached hydrogens (tertiary/aromatic N) is 3. The lowest BCUT2D eigenvalue weighted by Gasteiger charge is -2.09. The van der Waals surface area contributed by atoms with Crippen LogP contribution in [0.4, 0.5) is 5.69 Å². The Hall–Kier alpha value is -2.08. The summed E-state index contributed by atoms with van der Waals surface area (Å²) < 4.78 is 1.63. The molecule has 20 heavy (non-hydrogen) atoms. The van der Waals surface area contributed by atoms with Crippen LogP contribution < -0.4 is 10.6 Å². The van der Waals surface area contributed by atoms with Crippen LogP contribution in [0.3, 0.4) is 0 Å². The van der Waals surface area contributed by atoms with Crippen molar-refractivity contribution in [2.75, 3.05) is 18.9 Å². The molecule has 0 aliphatic heterocycles. The molecule has 106 valence electrons. The van der Waals surface area contributed by atoms with Crippen LogP contribution in [0.25, 0.3) is 0 Å². The molecule has 0 spiro atoms. The number of carbonyl (C=O) groups is 1. The summed E-state index contributed by atoms with van der Waals surface area (Å²) in [5.74, 6) is 0.528. The van der Waals surface area contributed by atoms with E-state index in [-0.39, 0.29) is 5.91 Å². The average molecular weight is 294 g/mol. The van der Waals surface area contributed by atoms with Gasteiger partial charge < -0.3 is 10.6 Å². The molecule has 2 rings (SSSR count). The molecule has 0 unspecified atom stereocenters. The summed E-state index contributed by atoms with van der Waals surface area (Å²) in [5, 5.41) is 10.5. The SMILES string of the molecule is CNc1ccc(Cl)cc1C(=O)NCCc1ncn(C)n1. The number of nitrogens with one attached hydrogen (secondary N) is 2. The van der Waals surface area contributed by atoms with Crippen LogP contribution in [0.5, 0.6) is 0 Å². The predicted octanol–water partition coefficient (Wildman–Crippen LogP) is 1.48. The van der Waals surface area contributed by atoms with Gasteiger partial charge in [0.2, 0.25) is 0 Å². The van der Waals surface area contributed by atoms with Gasteiger partial charge in [0.1, 0.15) is 6.33 Å². The highest BCUT2D eigenvalue weighted by atomic mass is 35.5. The van der Waals surface area contributed by atoms with E-state index >= 15 is 0 Å². The molecule has 0 radical (unpaired) electrons. The van der Waals surface area contributed by atoms with Gasteiger partial charge in [0, 0.05) is 37.8 Å². The summed E-state index contributed by atoms with van der Waals surface area (Å²) >= 11 is 5.92. The minimum Gasteiger partial charge on any atom is -0.387 e. The zero-order valence-electron chi connectivity index (χ0n) is 11.4. The second-order valence-corrected chi connectivity index (χ2v) is 4.72. The molecule has 0 aliphatic carbocycles. The standard InChI is InChI=1S/C13H16ClN5O/c1-15-11-4-3-9(14)7-10(11)13(20)16-6-5-12-17-8-19(2)18-12/h3-4,7-8,15H,5-6H2,1-2H3,(H,16,20). The second-order valence-electron chi connectivity index (χ2n) is 4.28. The number of halogens is 1. The molecule has 2 aromatic rings. The van der Waals surface area contributed by atoms with Crippen molar-refractivity contribution in [2.45, 2.75) is 6.42 Å². The number of hydrogen-bond acceptors (Lipinski definition) is 4. The summed E-state index contributed by atoms with van der Waals surface area (Å²) in [6.07, 6.45) is 2.22. The van der Waals surface area contributed by atoms with Gasteiger partial charge in [-0.1, -0.05) is 11.6 Å². The molecular weight excluding hydrogens is 278 g/mol. The quantitative estimate of drug-likeness (QED) is 0.876. The molecule has 1 aromatic carbocycles. The molecular formula is C13H16ClN5O. The van der Waals surface area contributed by atoms with Gasteiger partial charge in [0.05, 0.1) is 5.56 Å². The van der Waals surface area contributed by atoms with Gasteiger partial charge in [0.15, 0.2) is 5.82 Å². The number of hydrogen-bond donors (Lipinski definition) is 2. The Kier molecular flexibility index (Phi) is 4.57. The van der Waals surface area contributed by atoms with Crippen LogP contribution in [0.2, 0.25) is 5.02 Å². The number of rotatable bonds is 5. The molecule has 6 nitrogen and oxygen atoms in total. The molecule has 0 fully saturated rings. The average Bonchev–Trinajstić information content (AvgIpc) is 2.84. The molecule has 1 aromatic heterocycles. The molecule has 1 amide bonds. The number of anilines is 1. The number of aromatic nitrogens is 3. The first kappa shape index (κ1) is 14.3. The van der Waals surface area contributed by atoms with Gasteiger partial charge in [0.25, 0.3) is 5.91 Å². The topological polar surface area (TPSA) is 71.8 Å². The van der Waals surface area contributed by atoms with Crippen molar-refractivity contribution >= 4 is 23.2 Å². The lowest BCUT2D eigenvalue weighted by molar-refractivity contribution is 0.0955. The van der Waals surface area contributed by atoms with Crippen molar-refractivity contribution in [1.29, 1.82) is 0 Å². The van der Waals surface area contributed by atoms with E-state index in [1.165, 1.54) is 0 Å². The van der Waals surface area contributed by atoms with Crippen molar-refractivity contribution in [2.24, 2.45) is 7.05 Å². The highest BCUT2D eigenvalue weighted by Crippen LogP contribution is 2.20. The maximum atomic E-state index is 12.1. The van der Waals surface area contributed by atoms with E-state index in [0.29, 0.717) is 29.4 Å². The highest BCUT2D eigenvalue weighted by molar-refractivity contribution is 6.31. The molecule has 0 saturated heterocycles. The summed E-state index contributed by atoms with van der Waals surface area (Å²) in [6, 6.07) is 5.15. The van der Waals surface area contributed by atoms with Crippen LogP contribution in [-0.2, 0) is 13.5 Å². The van der Waals surface area contributed by atoms with E-state index in [2.05, 4.69) is 20.7 Å². The smallest absolute Gasteiger partial charge is 0.253 e. The maximum absolute atomic E-state index is 12.1. The third kappa shape index (κ3) is 3.48. The Morgan fingerprint density at radius 1 is 1.45 bits per heavy atom. The van der Waals surface area contributed by atoms with Crippen molar-refractivity contribution in [3.8, 4) is 0 Å². The molecule has 2 N–H and O–H groups in total. The molecule has 0 aliphatic rings. The summed E-state index contributed by atoms with van der Waals surface area (Å²) in [7, 11) is 3.57. The largest absolute Gasteiger partial charge is 0.387 e. The Morgan fingerprint density at radius 2 is 2.25 bits per heavy atom. The van der Waals surface area contributed by atoms with Gasteiger partial charge in [-0.05, 0) is 18.2 Å². The van der Waals surface area contributed by atoms with E-state index < -0.39 is 0 Å². The predicted molar refractivity (Wildman–Crippen MR) is 78.0 cm³/mol. The minimum atomic E-state index is -0.173. The Morgan fingerprint density at radius 3 is 2.90 bits per heavy atom. The fourth-order valence-electron chi connectivity index (χ4n) is 1.80. The highest BCUT2D eigenvalue weighted by Gasteiger charge is 2.11. The van der Waals surface area contributed by atoms with Gasteiger partial charge in [-0.3, -0.25) is 9.48 Å². The summed E-state index contributed by atoms with van der Waals surface area (Å²) in [6.45, 7) is 0.471. The number of benzene rings is 1. The Bertz CT molecular complexity index is 611. The fraction of sp³-hybridized carbons (Fsp3) is 0.308. The van der Waals surface area contributed by atoms with Crippen LogP contribution in [0, 0.1) is 0 Å². The van der Waals surface area contributed by atoms with Gasteiger partial charge >= 0.3 is 0 Å². The number of amides is 1. The van der Waals surface area contributed by atoms with Crippen molar-refractivity contribution in [1.82, 2.24) is 20.1 Å². The molecule has 7 heteroatoms. The van der Waals surface area contributed by atoms with E-state index in [1.807, 2.05) is 0 Å². The van der Waals surface area contributed by atoms with Gasteiger partial charge in [-0.15, -0.1) is 0 Å². The molecule has 0 atom stereocenters. The lowest BCUT2D eigenvalue weighted by atomic mass is 10.1. The Labute approximate surface area is 122 Å².